The third kappa shape index (κ3) is 3.89. The summed E-state index contributed by atoms with van der Waals surface area (Å²) in [7, 11) is 0. The number of carbonyl (C=O) groups is 6. The summed E-state index contributed by atoms with van der Waals surface area (Å²) in [5.41, 5.74) is -0.197. The van der Waals surface area contributed by atoms with Crippen molar-refractivity contribution in [2.24, 2.45) is 5.41 Å². The van der Waals surface area contributed by atoms with E-state index in [1.54, 1.807) is 0 Å². The van der Waals surface area contributed by atoms with Gasteiger partial charge in [-0.25, -0.2) is 9.69 Å². The molecular formula is C22H25N5O7. The van der Waals surface area contributed by atoms with Crippen LogP contribution in [0.25, 0.3) is 0 Å². The van der Waals surface area contributed by atoms with Gasteiger partial charge in [-0.3, -0.25) is 34.6 Å². The SMILES string of the molecule is CC(C)(C)C1CN(C(=O)c2ccc3c(c2)C(=O)N(C2NCC(=O)NC2=O)C3=O)CCN1C(=O)O. The lowest BCUT2D eigenvalue weighted by Gasteiger charge is -2.45. The van der Waals surface area contributed by atoms with E-state index in [-0.39, 0.29) is 48.8 Å². The minimum absolute atomic E-state index is 0.0149. The van der Waals surface area contributed by atoms with Crippen molar-refractivity contribution in [2.75, 3.05) is 26.2 Å². The molecule has 0 radical (unpaired) electrons. The molecule has 12 nitrogen and oxygen atoms in total. The summed E-state index contributed by atoms with van der Waals surface area (Å²) in [6.45, 7) is 6.00. The average Bonchev–Trinajstić information content (AvgIpc) is 3.02. The van der Waals surface area contributed by atoms with Crippen LogP contribution in [0.2, 0.25) is 0 Å². The third-order valence-electron chi connectivity index (χ3n) is 6.30. The highest BCUT2D eigenvalue weighted by molar-refractivity contribution is 6.24. The van der Waals surface area contributed by atoms with Crippen molar-refractivity contribution in [3.8, 4) is 0 Å². The van der Waals surface area contributed by atoms with Crippen LogP contribution < -0.4 is 10.6 Å². The summed E-state index contributed by atoms with van der Waals surface area (Å²) in [5, 5.41) is 14.2. The largest absolute Gasteiger partial charge is 0.465 e. The number of amides is 6. The second kappa shape index (κ2) is 8.20. The van der Waals surface area contributed by atoms with E-state index in [9.17, 15) is 33.9 Å². The molecule has 12 heteroatoms. The Balaban J connectivity index is 1.57. The predicted molar refractivity (Wildman–Crippen MR) is 116 cm³/mol. The van der Waals surface area contributed by atoms with E-state index >= 15 is 0 Å². The van der Waals surface area contributed by atoms with Crippen LogP contribution in [-0.2, 0) is 9.59 Å². The molecule has 2 fully saturated rings. The zero-order valence-electron chi connectivity index (χ0n) is 19.0. The van der Waals surface area contributed by atoms with Crippen molar-refractivity contribution in [2.45, 2.75) is 33.0 Å². The predicted octanol–water partition coefficient (Wildman–Crippen LogP) is -0.295. The number of carbonyl (C=O) groups excluding carboxylic acids is 5. The van der Waals surface area contributed by atoms with Gasteiger partial charge in [0.25, 0.3) is 23.6 Å². The zero-order chi connectivity index (χ0) is 24.9. The second-order valence-corrected chi connectivity index (χ2v) is 9.55. The van der Waals surface area contributed by atoms with Crippen LogP contribution >= 0.6 is 0 Å². The lowest BCUT2D eigenvalue weighted by atomic mass is 9.84. The maximum atomic E-state index is 13.2. The molecule has 0 aromatic heterocycles. The number of hydrogen-bond acceptors (Lipinski definition) is 7. The summed E-state index contributed by atoms with van der Waals surface area (Å²) in [6, 6.07) is 3.70. The summed E-state index contributed by atoms with van der Waals surface area (Å²) in [4.78, 5) is 77.8. The van der Waals surface area contributed by atoms with Crippen LogP contribution in [0.4, 0.5) is 4.79 Å². The standard InChI is InChI=1S/C22H25N5O7/c1-22(2,3)14-10-25(6-7-26(14)21(33)34)18(30)11-4-5-12-13(8-11)20(32)27(19(12)31)16-17(29)24-15(28)9-23-16/h4-5,8,14,16,23H,6-7,9-10H2,1-3H3,(H,33,34)(H,24,28,29). The maximum Gasteiger partial charge on any atom is 0.407 e. The molecule has 4 rings (SSSR count). The molecule has 0 aliphatic carbocycles. The van der Waals surface area contributed by atoms with Crippen LogP contribution in [0.5, 0.6) is 0 Å². The Bertz CT molecular complexity index is 1130. The van der Waals surface area contributed by atoms with Crippen molar-refractivity contribution >= 4 is 35.6 Å². The first kappa shape index (κ1) is 23.4. The Morgan fingerprint density at radius 2 is 1.71 bits per heavy atom. The van der Waals surface area contributed by atoms with Crippen LogP contribution in [0.15, 0.2) is 18.2 Å². The quantitative estimate of drug-likeness (QED) is 0.497. The fourth-order valence-corrected chi connectivity index (χ4v) is 4.49. The van der Waals surface area contributed by atoms with Gasteiger partial charge in [0, 0.05) is 25.2 Å². The minimum Gasteiger partial charge on any atom is -0.465 e. The van der Waals surface area contributed by atoms with Crippen LogP contribution in [-0.4, -0.2) is 93.8 Å². The Labute approximate surface area is 194 Å². The van der Waals surface area contributed by atoms with Crippen molar-refractivity contribution < 1.29 is 33.9 Å². The molecule has 0 bridgehead atoms. The molecule has 1 aromatic carbocycles. The van der Waals surface area contributed by atoms with E-state index in [0.717, 1.165) is 4.90 Å². The molecular weight excluding hydrogens is 446 g/mol. The summed E-state index contributed by atoms with van der Waals surface area (Å²) in [6.07, 6.45) is -2.38. The molecule has 1 aromatic rings. The van der Waals surface area contributed by atoms with Gasteiger partial charge in [0.05, 0.1) is 23.7 Å². The van der Waals surface area contributed by atoms with Gasteiger partial charge in [-0.05, 0) is 23.6 Å². The van der Waals surface area contributed by atoms with Gasteiger partial charge in [-0.1, -0.05) is 20.8 Å². The van der Waals surface area contributed by atoms with Gasteiger partial charge in [-0.2, -0.15) is 0 Å². The molecule has 2 atom stereocenters. The van der Waals surface area contributed by atoms with Gasteiger partial charge < -0.3 is 14.9 Å². The Hall–Kier alpha value is -3.80. The molecule has 6 amide bonds. The van der Waals surface area contributed by atoms with Gasteiger partial charge in [0.15, 0.2) is 6.17 Å². The first-order chi connectivity index (χ1) is 15.9. The third-order valence-corrected chi connectivity index (χ3v) is 6.30. The molecule has 3 aliphatic rings. The van der Waals surface area contributed by atoms with Gasteiger partial charge in [0.2, 0.25) is 5.91 Å². The first-order valence-electron chi connectivity index (χ1n) is 10.8. The molecule has 3 heterocycles. The molecule has 0 spiro atoms. The maximum absolute atomic E-state index is 13.2. The van der Waals surface area contributed by atoms with E-state index in [2.05, 4.69) is 10.6 Å². The number of nitrogens with one attached hydrogen (secondary N) is 2. The van der Waals surface area contributed by atoms with Crippen LogP contribution in [0.1, 0.15) is 51.8 Å². The van der Waals surface area contributed by atoms with Crippen LogP contribution in [0, 0.1) is 5.41 Å². The second-order valence-electron chi connectivity index (χ2n) is 9.55. The van der Waals surface area contributed by atoms with Crippen molar-refractivity contribution in [1.29, 1.82) is 0 Å². The molecule has 3 aliphatic heterocycles. The number of rotatable bonds is 2. The minimum atomic E-state index is -1.33. The lowest BCUT2D eigenvalue weighted by molar-refractivity contribution is -0.136. The fourth-order valence-electron chi connectivity index (χ4n) is 4.49. The Morgan fingerprint density at radius 1 is 1.03 bits per heavy atom. The highest BCUT2D eigenvalue weighted by Crippen LogP contribution is 2.30. The monoisotopic (exact) mass is 471 g/mol. The van der Waals surface area contributed by atoms with Gasteiger partial charge in [0.1, 0.15) is 0 Å². The summed E-state index contributed by atoms with van der Waals surface area (Å²) in [5.74, 6) is -3.22. The van der Waals surface area contributed by atoms with Crippen molar-refractivity contribution in [1.82, 2.24) is 25.3 Å². The molecule has 3 N–H and O–H groups in total. The number of fused-ring (bicyclic) bond motifs is 1. The van der Waals surface area contributed by atoms with Crippen LogP contribution in [0.3, 0.4) is 0 Å². The molecule has 180 valence electrons. The summed E-state index contributed by atoms with van der Waals surface area (Å²) >= 11 is 0. The number of imide groups is 2. The highest BCUT2D eigenvalue weighted by Gasteiger charge is 2.45. The lowest BCUT2D eigenvalue weighted by Crippen LogP contribution is -2.64. The summed E-state index contributed by atoms with van der Waals surface area (Å²) < 4.78 is 0. The molecule has 0 saturated carbocycles. The Kier molecular flexibility index (Phi) is 5.64. The van der Waals surface area contributed by atoms with E-state index in [0.29, 0.717) is 0 Å². The van der Waals surface area contributed by atoms with Gasteiger partial charge >= 0.3 is 6.09 Å². The number of carboxylic acid groups (broad SMARTS) is 1. The van der Waals surface area contributed by atoms with E-state index in [1.165, 1.54) is 28.0 Å². The zero-order valence-corrected chi connectivity index (χ0v) is 19.0. The van der Waals surface area contributed by atoms with Crippen molar-refractivity contribution in [3.05, 3.63) is 34.9 Å². The topological polar surface area (TPSA) is 156 Å². The van der Waals surface area contributed by atoms with Crippen molar-refractivity contribution in [3.63, 3.8) is 0 Å². The number of nitrogens with zero attached hydrogens (tertiary/aromatic N) is 3. The normalized spacial score (nSPS) is 23.2. The van der Waals surface area contributed by atoms with E-state index < -0.39 is 47.3 Å². The first-order valence-corrected chi connectivity index (χ1v) is 10.8. The molecule has 34 heavy (non-hydrogen) atoms. The highest BCUT2D eigenvalue weighted by atomic mass is 16.4. The number of piperazine rings is 2. The Morgan fingerprint density at radius 3 is 2.32 bits per heavy atom. The number of benzene rings is 1. The number of hydrogen-bond donors (Lipinski definition) is 3. The molecule has 2 unspecified atom stereocenters. The van der Waals surface area contributed by atoms with Gasteiger partial charge in [-0.15, -0.1) is 0 Å². The fraction of sp³-hybridized carbons (Fsp3) is 0.455. The smallest absolute Gasteiger partial charge is 0.407 e. The molecule has 2 saturated heterocycles. The van der Waals surface area contributed by atoms with E-state index in [1.807, 2.05) is 20.8 Å². The average molecular weight is 471 g/mol. The van der Waals surface area contributed by atoms with E-state index in [4.69, 9.17) is 0 Å².